The van der Waals surface area contributed by atoms with Crippen molar-refractivity contribution >= 4 is 17.9 Å². The van der Waals surface area contributed by atoms with E-state index in [0.717, 1.165) is 6.08 Å². The molecule has 0 amide bonds. The summed E-state index contributed by atoms with van der Waals surface area (Å²) >= 11 is 0. The van der Waals surface area contributed by atoms with Gasteiger partial charge >= 0.3 is 29.8 Å². The summed E-state index contributed by atoms with van der Waals surface area (Å²) in [5.74, 6) is -14.5. The van der Waals surface area contributed by atoms with Crippen LogP contribution in [0.2, 0.25) is 0 Å². The Hall–Kier alpha value is -2.13. The lowest BCUT2D eigenvalue weighted by atomic mass is 9.78. The predicted octanol–water partition coefficient (Wildman–Crippen LogP) is 1.48. The summed E-state index contributed by atoms with van der Waals surface area (Å²) in [5, 5.41) is 0. The quantitative estimate of drug-likeness (QED) is 0.319. The van der Waals surface area contributed by atoms with Crippen molar-refractivity contribution in [2.45, 2.75) is 43.0 Å². The lowest BCUT2D eigenvalue weighted by molar-refractivity contribution is -0.334. The maximum absolute atomic E-state index is 13.4. The molecule has 3 aliphatic carbocycles. The first kappa shape index (κ1) is 17.3. The molecule has 26 heavy (non-hydrogen) atoms. The fraction of sp³-hybridized carbons (Fsp3) is 0.688. The third kappa shape index (κ3) is 2.07. The van der Waals surface area contributed by atoms with E-state index in [-0.39, 0.29) is 0 Å². The van der Waals surface area contributed by atoms with Gasteiger partial charge in [0.1, 0.15) is 12.2 Å². The summed E-state index contributed by atoms with van der Waals surface area (Å²) < 4.78 is 67.5. The van der Waals surface area contributed by atoms with Gasteiger partial charge in [0.05, 0.1) is 18.3 Å². The van der Waals surface area contributed by atoms with Crippen molar-refractivity contribution < 1.29 is 46.2 Å². The average Bonchev–Trinajstić information content (AvgIpc) is 3.17. The van der Waals surface area contributed by atoms with Crippen LogP contribution < -0.4 is 0 Å². The van der Waals surface area contributed by atoms with Gasteiger partial charge < -0.3 is 14.2 Å². The minimum Gasteiger partial charge on any atom is -0.458 e. The molecule has 0 aromatic heterocycles. The zero-order valence-corrected chi connectivity index (χ0v) is 13.2. The van der Waals surface area contributed by atoms with Gasteiger partial charge in [-0.25, -0.2) is 4.79 Å². The molecule has 0 aromatic carbocycles. The summed E-state index contributed by atoms with van der Waals surface area (Å²) in [7, 11) is 0. The van der Waals surface area contributed by atoms with Crippen LogP contribution in [0.3, 0.4) is 0 Å². The summed E-state index contributed by atoms with van der Waals surface area (Å²) in [4.78, 5) is 35.9. The number of carbonyl (C=O) groups excluding carboxylic acids is 3. The zero-order valence-electron chi connectivity index (χ0n) is 13.2. The molecule has 0 N–H and O–H groups in total. The zero-order chi connectivity index (χ0) is 19.0. The average molecular weight is 378 g/mol. The van der Waals surface area contributed by atoms with Crippen molar-refractivity contribution in [3.8, 4) is 0 Å². The minimum absolute atomic E-state index is 0.313. The Kier molecular flexibility index (Phi) is 3.46. The summed E-state index contributed by atoms with van der Waals surface area (Å²) in [6.45, 7) is 3.25. The van der Waals surface area contributed by atoms with Crippen molar-refractivity contribution in [2.75, 3.05) is 0 Å². The summed E-state index contributed by atoms with van der Waals surface area (Å²) in [5.41, 5.74) is 0. The molecule has 3 saturated carbocycles. The third-order valence-corrected chi connectivity index (χ3v) is 5.83. The second-order valence-corrected chi connectivity index (χ2v) is 7.08. The van der Waals surface area contributed by atoms with E-state index in [1.165, 1.54) is 0 Å². The number of hydrogen-bond donors (Lipinski definition) is 0. The molecule has 1 aliphatic heterocycles. The summed E-state index contributed by atoms with van der Waals surface area (Å²) in [6.07, 6.45) is -3.93. The number of hydrogen-bond acceptors (Lipinski definition) is 6. The van der Waals surface area contributed by atoms with E-state index < -0.39 is 78.2 Å². The molecule has 0 spiro atoms. The molecule has 4 rings (SSSR count). The Bertz CT molecular complexity index is 707. The SMILES string of the molecule is C=CC(=O)OC1C2CC3C1OC(=O)C3C2C(=O)OC1CC(F)(F)C1(F)F. The van der Waals surface area contributed by atoms with Gasteiger partial charge in [0, 0.05) is 17.9 Å². The highest BCUT2D eigenvalue weighted by molar-refractivity contribution is 5.87. The molecule has 0 aromatic rings. The number of carbonyl (C=O) groups is 3. The van der Waals surface area contributed by atoms with Crippen LogP contribution in [-0.2, 0) is 28.6 Å². The Morgan fingerprint density at radius 1 is 1.19 bits per heavy atom. The van der Waals surface area contributed by atoms with Crippen molar-refractivity contribution in [2.24, 2.45) is 23.7 Å². The predicted molar refractivity (Wildman–Crippen MR) is 72.9 cm³/mol. The highest BCUT2D eigenvalue weighted by Gasteiger charge is 2.75. The smallest absolute Gasteiger partial charge is 0.346 e. The molecule has 7 unspecified atom stereocenters. The van der Waals surface area contributed by atoms with E-state index in [1.54, 1.807) is 0 Å². The van der Waals surface area contributed by atoms with Crippen LogP contribution in [0.25, 0.3) is 0 Å². The Balaban J connectivity index is 1.53. The van der Waals surface area contributed by atoms with Gasteiger partial charge in [-0.05, 0) is 6.42 Å². The molecule has 4 aliphatic rings. The van der Waals surface area contributed by atoms with E-state index in [0.29, 0.717) is 6.42 Å². The molecule has 6 nitrogen and oxygen atoms in total. The molecular formula is C16H14F4O6. The second-order valence-electron chi connectivity index (χ2n) is 7.08. The summed E-state index contributed by atoms with van der Waals surface area (Å²) in [6, 6.07) is 0. The van der Waals surface area contributed by atoms with Gasteiger partial charge in [-0.1, -0.05) is 6.58 Å². The Morgan fingerprint density at radius 3 is 2.46 bits per heavy atom. The molecule has 142 valence electrons. The van der Waals surface area contributed by atoms with Crippen LogP contribution in [0.5, 0.6) is 0 Å². The molecule has 1 saturated heterocycles. The van der Waals surface area contributed by atoms with Crippen molar-refractivity contribution in [1.82, 2.24) is 0 Å². The van der Waals surface area contributed by atoms with Crippen LogP contribution in [-0.4, -0.2) is 48.1 Å². The monoisotopic (exact) mass is 378 g/mol. The van der Waals surface area contributed by atoms with Gasteiger partial charge in [-0.15, -0.1) is 0 Å². The van der Waals surface area contributed by atoms with E-state index >= 15 is 0 Å². The van der Waals surface area contributed by atoms with Crippen LogP contribution in [0.4, 0.5) is 17.6 Å². The molecular weight excluding hydrogens is 364 g/mol. The molecule has 7 atom stereocenters. The highest BCUT2D eigenvalue weighted by Crippen LogP contribution is 2.60. The largest absolute Gasteiger partial charge is 0.458 e. The van der Waals surface area contributed by atoms with Crippen LogP contribution >= 0.6 is 0 Å². The number of ether oxygens (including phenoxy) is 3. The first-order chi connectivity index (χ1) is 12.1. The van der Waals surface area contributed by atoms with Gasteiger partial charge in [0.25, 0.3) is 0 Å². The molecule has 2 bridgehead atoms. The van der Waals surface area contributed by atoms with Gasteiger partial charge in [0.15, 0.2) is 6.10 Å². The minimum atomic E-state index is -4.45. The second kappa shape index (κ2) is 5.20. The van der Waals surface area contributed by atoms with Crippen molar-refractivity contribution in [3.05, 3.63) is 12.7 Å². The standard InChI is InChI=1S/C16H14F4O6/c1-2-8(21)25-11-5-3-6-10(14(23)26-12(6)11)9(5)13(22)24-7-4-15(17,18)16(7,19)20/h2,5-7,9-12H,1,3-4H2. The van der Waals surface area contributed by atoms with Crippen LogP contribution in [0, 0.1) is 23.7 Å². The van der Waals surface area contributed by atoms with Crippen LogP contribution in [0.1, 0.15) is 12.8 Å². The topological polar surface area (TPSA) is 78.9 Å². The Morgan fingerprint density at radius 2 is 1.88 bits per heavy atom. The van der Waals surface area contributed by atoms with Crippen molar-refractivity contribution in [1.29, 1.82) is 0 Å². The van der Waals surface area contributed by atoms with E-state index in [9.17, 15) is 31.9 Å². The van der Waals surface area contributed by atoms with Gasteiger partial charge in [-0.2, -0.15) is 17.6 Å². The lowest BCUT2D eigenvalue weighted by Gasteiger charge is -2.43. The molecule has 1 heterocycles. The van der Waals surface area contributed by atoms with Crippen LogP contribution in [0.15, 0.2) is 12.7 Å². The normalized spacial score (nSPS) is 43.4. The van der Waals surface area contributed by atoms with Gasteiger partial charge in [0.2, 0.25) is 0 Å². The molecule has 0 radical (unpaired) electrons. The number of halogens is 4. The molecule has 10 heteroatoms. The number of rotatable bonds is 4. The maximum Gasteiger partial charge on any atom is 0.346 e. The first-order valence-corrected chi connectivity index (χ1v) is 8.08. The van der Waals surface area contributed by atoms with Crippen molar-refractivity contribution in [3.63, 3.8) is 0 Å². The molecule has 4 fully saturated rings. The lowest BCUT2D eigenvalue weighted by Crippen LogP contribution is -2.64. The van der Waals surface area contributed by atoms with E-state index in [4.69, 9.17) is 9.47 Å². The fourth-order valence-corrected chi connectivity index (χ4v) is 4.59. The maximum atomic E-state index is 13.4. The number of esters is 3. The van der Waals surface area contributed by atoms with E-state index in [2.05, 4.69) is 11.3 Å². The fourth-order valence-electron chi connectivity index (χ4n) is 4.59. The third-order valence-electron chi connectivity index (χ3n) is 5.83. The first-order valence-electron chi connectivity index (χ1n) is 8.08. The number of alkyl halides is 4. The van der Waals surface area contributed by atoms with Gasteiger partial charge in [-0.3, -0.25) is 9.59 Å². The Labute approximate surface area is 144 Å². The highest BCUT2D eigenvalue weighted by atomic mass is 19.3. The van der Waals surface area contributed by atoms with E-state index in [1.807, 2.05) is 0 Å². The number of fused-ring (bicyclic) bond motifs is 1.